The third-order valence-corrected chi connectivity index (χ3v) is 4.47. The molecule has 0 saturated carbocycles. The van der Waals surface area contributed by atoms with Crippen molar-refractivity contribution in [3.8, 4) is 0 Å². The number of aliphatic hydroxyl groups excluding tert-OH is 1. The van der Waals surface area contributed by atoms with Crippen LogP contribution in [0.5, 0.6) is 0 Å². The molecule has 0 aliphatic carbocycles. The van der Waals surface area contributed by atoms with E-state index >= 15 is 0 Å². The first-order valence-corrected chi connectivity index (χ1v) is 6.07. The Labute approximate surface area is 91.9 Å². The molecule has 13 heavy (non-hydrogen) atoms. The summed E-state index contributed by atoms with van der Waals surface area (Å²) >= 11 is 5.04. The second-order valence-corrected chi connectivity index (χ2v) is 5.68. The monoisotopic (exact) mass is 262 g/mol. The van der Waals surface area contributed by atoms with Gasteiger partial charge in [0.05, 0.1) is 6.10 Å². The van der Waals surface area contributed by atoms with Gasteiger partial charge >= 0.3 is 0 Å². The highest BCUT2D eigenvalue weighted by atomic mass is 79.9. The van der Waals surface area contributed by atoms with Crippen molar-refractivity contribution in [1.82, 2.24) is 0 Å². The van der Waals surface area contributed by atoms with Crippen molar-refractivity contribution in [3.63, 3.8) is 0 Å². The van der Waals surface area contributed by atoms with Crippen molar-refractivity contribution in [2.75, 3.05) is 0 Å². The first-order valence-electron chi connectivity index (χ1n) is 4.40. The molecule has 1 atom stereocenters. The summed E-state index contributed by atoms with van der Waals surface area (Å²) in [5, 5.41) is 12.1. The van der Waals surface area contributed by atoms with Crippen molar-refractivity contribution in [2.45, 2.75) is 33.3 Å². The minimum absolute atomic E-state index is 0.0482. The lowest BCUT2D eigenvalue weighted by atomic mass is 9.83. The van der Waals surface area contributed by atoms with Gasteiger partial charge in [-0.2, -0.15) is 0 Å². The molecule has 1 nitrogen and oxygen atoms in total. The fourth-order valence-corrected chi connectivity index (χ4v) is 2.83. The normalized spacial score (nSPS) is 14.5. The van der Waals surface area contributed by atoms with E-state index in [2.05, 4.69) is 36.7 Å². The van der Waals surface area contributed by atoms with E-state index in [1.54, 1.807) is 11.3 Å². The fourth-order valence-electron chi connectivity index (χ4n) is 1.05. The summed E-state index contributed by atoms with van der Waals surface area (Å²) in [5.74, 6) is 0. The Bertz CT molecular complexity index is 280. The summed E-state index contributed by atoms with van der Waals surface area (Å²) in [7, 11) is 0. The van der Waals surface area contributed by atoms with Gasteiger partial charge in [0.25, 0.3) is 0 Å². The number of thiophene rings is 1. The van der Waals surface area contributed by atoms with E-state index in [1.807, 2.05) is 11.4 Å². The lowest BCUT2D eigenvalue weighted by molar-refractivity contribution is 0.0490. The van der Waals surface area contributed by atoms with Crippen LogP contribution >= 0.6 is 27.3 Å². The number of rotatable bonds is 3. The molecule has 0 amide bonds. The number of halogens is 1. The smallest absolute Gasteiger partial charge is 0.0943 e. The summed E-state index contributed by atoms with van der Waals surface area (Å²) in [6, 6.07) is 1.98. The third kappa shape index (κ3) is 2.33. The molecule has 0 aliphatic heterocycles. The minimum Gasteiger partial charge on any atom is -0.387 e. The summed E-state index contributed by atoms with van der Waals surface area (Å²) in [6.45, 7) is 6.28. The van der Waals surface area contributed by atoms with Gasteiger partial charge < -0.3 is 5.11 Å². The second kappa shape index (κ2) is 4.11. The number of hydrogen-bond acceptors (Lipinski definition) is 2. The van der Waals surface area contributed by atoms with Gasteiger partial charge in [-0.15, -0.1) is 11.3 Å². The average molecular weight is 263 g/mol. The Hall–Kier alpha value is 0.140. The Balaban J connectivity index is 2.91. The van der Waals surface area contributed by atoms with Crippen LogP contribution < -0.4 is 0 Å². The third-order valence-electron chi connectivity index (χ3n) is 2.54. The number of aliphatic hydroxyl groups is 1. The summed E-state index contributed by atoms with van der Waals surface area (Å²) in [5.41, 5.74) is -0.0482. The van der Waals surface area contributed by atoms with Crippen LogP contribution in [0.2, 0.25) is 0 Å². The lowest BCUT2D eigenvalue weighted by Crippen LogP contribution is -2.20. The van der Waals surface area contributed by atoms with Crippen LogP contribution in [-0.4, -0.2) is 5.11 Å². The van der Waals surface area contributed by atoms with E-state index in [1.165, 1.54) is 0 Å². The van der Waals surface area contributed by atoms with Crippen molar-refractivity contribution in [3.05, 3.63) is 20.8 Å². The van der Waals surface area contributed by atoms with Crippen LogP contribution in [0, 0.1) is 5.41 Å². The predicted octanol–water partition coefficient (Wildman–Crippen LogP) is 3.98. The van der Waals surface area contributed by atoms with Crippen LogP contribution in [0.25, 0.3) is 0 Å². The molecule has 0 saturated heterocycles. The minimum atomic E-state index is -0.369. The van der Waals surface area contributed by atoms with Gasteiger partial charge in [-0.1, -0.05) is 20.8 Å². The Morgan fingerprint density at radius 3 is 2.62 bits per heavy atom. The highest BCUT2D eigenvalue weighted by Gasteiger charge is 2.29. The highest BCUT2D eigenvalue weighted by molar-refractivity contribution is 9.10. The predicted molar refractivity (Wildman–Crippen MR) is 61.1 cm³/mol. The lowest BCUT2D eigenvalue weighted by Gasteiger charge is -2.28. The van der Waals surface area contributed by atoms with Gasteiger partial charge in [-0.05, 0) is 39.2 Å². The maximum Gasteiger partial charge on any atom is 0.0943 e. The van der Waals surface area contributed by atoms with E-state index < -0.39 is 0 Å². The van der Waals surface area contributed by atoms with Crippen molar-refractivity contribution < 1.29 is 5.11 Å². The summed E-state index contributed by atoms with van der Waals surface area (Å²) in [6.07, 6.45) is 0.602. The Kier molecular flexibility index (Phi) is 3.55. The van der Waals surface area contributed by atoms with E-state index in [4.69, 9.17) is 0 Å². The molecule has 0 spiro atoms. The van der Waals surface area contributed by atoms with Gasteiger partial charge in [0.15, 0.2) is 0 Å². The molecule has 0 aliphatic rings. The molecule has 1 unspecified atom stereocenters. The zero-order valence-electron chi connectivity index (χ0n) is 8.17. The van der Waals surface area contributed by atoms with Crippen LogP contribution in [-0.2, 0) is 0 Å². The first kappa shape index (κ1) is 11.2. The molecular formula is C10H15BrOS. The summed E-state index contributed by atoms with van der Waals surface area (Å²) in [4.78, 5) is 1.03. The molecule has 74 valence electrons. The van der Waals surface area contributed by atoms with Crippen LogP contribution in [0.1, 0.15) is 38.2 Å². The molecule has 1 aromatic heterocycles. The van der Waals surface area contributed by atoms with E-state index in [0.717, 1.165) is 15.8 Å². The van der Waals surface area contributed by atoms with Crippen LogP contribution in [0.3, 0.4) is 0 Å². The van der Waals surface area contributed by atoms with E-state index in [0.29, 0.717) is 0 Å². The molecule has 1 aromatic rings. The van der Waals surface area contributed by atoms with Gasteiger partial charge in [0.2, 0.25) is 0 Å². The molecule has 0 radical (unpaired) electrons. The molecule has 1 rings (SSSR count). The zero-order valence-corrected chi connectivity index (χ0v) is 10.6. The second-order valence-electron chi connectivity index (χ2n) is 3.88. The molecule has 1 N–H and O–H groups in total. The highest BCUT2D eigenvalue weighted by Crippen LogP contribution is 2.41. The zero-order chi connectivity index (χ0) is 10.1. The maximum absolute atomic E-state index is 10.1. The van der Waals surface area contributed by atoms with Crippen molar-refractivity contribution >= 4 is 27.3 Å². The molecule has 3 heteroatoms. The molecule has 0 bridgehead atoms. The fraction of sp³-hybridized carbons (Fsp3) is 0.600. The Morgan fingerprint density at radius 1 is 1.62 bits per heavy atom. The quantitative estimate of drug-likeness (QED) is 0.874. The largest absolute Gasteiger partial charge is 0.387 e. The van der Waals surface area contributed by atoms with Crippen molar-refractivity contribution in [2.24, 2.45) is 5.41 Å². The van der Waals surface area contributed by atoms with E-state index in [-0.39, 0.29) is 11.5 Å². The van der Waals surface area contributed by atoms with Crippen molar-refractivity contribution in [1.29, 1.82) is 0 Å². The SMILES string of the molecule is CCC(C)(C)C(O)c1sccc1Br. The average Bonchev–Trinajstić information content (AvgIpc) is 2.50. The molecule has 1 heterocycles. The summed E-state index contributed by atoms with van der Waals surface area (Å²) < 4.78 is 1.02. The molecule has 0 aromatic carbocycles. The van der Waals surface area contributed by atoms with Crippen LogP contribution in [0.4, 0.5) is 0 Å². The Morgan fingerprint density at radius 2 is 2.23 bits per heavy atom. The van der Waals surface area contributed by atoms with Gasteiger partial charge in [0, 0.05) is 9.35 Å². The molecule has 0 fully saturated rings. The topological polar surface area (TPSA) is 20.2 Å². The standard InChI is InChI=1S/C10H15BrOS/c1-4-10(2,3)9(12)8-7(11)5-6-13-8/h5-6,9,12H,4H2,1-3H3. The molecular weight excluding hydrogens is 248 g/mol. The van der Waals surface area contributed by atoms with E-state index in [9.17, 15) is 5.11 Å². The van der Waals surface area contributed by atoms with Gasteiger partial charge in [-0.3, -0.25) is 0 Å². The van der Waals surface area contributed by atoms with Gasteiger partial charge in [0.1, 0.15) is 0 Å². The maximum atomic E-state index is 10.1. The van der Waals surface area contributed by atoms with Gasteiger partial charge in [-0.25, -0.2) is 0 Å². The van der Waals surface area contributed by atoms with Crippen LogP contribution in [0.15, 0.2) is 15.9 Å². The number of hydrogen-bond donors (Lipinski definition) is 1. The first-order chi connectivity index (χ1) is 5.99.